The first-order valence-electron chi connectivity index (χ1n) is 7.28. The third kappa shape index (κ3) is 13.0. The van der Waals surface area contributed by atoms with Crippen LogP contribution in [0.1, 0.15) is 46.5 Å². The SMILES string of the molecule is CCCCC(CC)COC(C)COCCOP(=O)(O)O. The summed E-state index contributed by atoms with van der Waals surface area (Å²) in [6.45, 7) is 7.44. The van der Waals surface area contributed by atoms with Crippen molar-refractivity contribution in [1.29, 1.82) is 0 Å². The Bertz CT molecular complexity index is 268. The van der Waals surface area contributed by atoms with E-state index in [1.165, 1.54) is 19.3 Å². The van der Waals surface area contributed by atoms with Gasteiger partial charge in [-0.25, -0.2) is 4.57 Å². The van der Waals surface area contributed by atoms with Crippen LogP contribution in [0.5, 0.6) is 0 Å². The first-order valence-corrected chi connectivity index (χ1v) is 8.81. The highest BCUT2D eigenvalue weighted by molar-refractivity contribution is 7.46. The van der Waals surface area contributed by atoms with Crippen LogP contribution in [-0.4, -0.2) is 42.3 Å². The summed E-state index contributed by atoms with van der Waals surface area (Å²) >= 11 is 0. The Hall–Kier alpha value is 0.0300. The molecule has 2 N–H and O–H groups in total. The van der Waals surface area contributed by atoms with Crippen LogP contribution in [0.2, 0.25) is 0 Å². The Morgan fingerprint density at radius 3 is 2.40 bits per heavy atom. The molecule has 0 aliphatic carbocycles. The lowest BCUT2D eigenvalue weighted by atomic mass is 10.0. The highest BCUT2D eigenvalue weighted by Gasteiger charge is 2.13. The van der Waals surface area contributed by atoms with Crippen molar-refractivity contribution in [3.05, 3.63) is 0 Å². The van der Waals surface area contributed by atoms with Crippen LogP contribution in [-0.2, 0) is 18.6 Å². The monoisotopic (exact) mass is 312 g/mol. The predicted octanol–water partition coefficient (Wildman–Crippen LogP) is 2.73. The third-order valence-corrected chi connectivity index (χ3v) is 3.52. The average Bonchev–Trinajstić information content (AvgIpc) is 2.37. The zero-order chi connectivity index (χ0) is 15.4. The number of phosphoric ester groups is 1. The summed E-state index contributed by atoms with van der Waals surface area (Å²) in [7, 11) is -4.38. The van der Waals surface area contributed by atoms with Crippen LogP contribution in [0.3, 0.4) is 0 Å². The zero-order valence-electron chi connectivity index (χ0n) is 12.8. The first-order chi connectivity index (χ1) is 9.39. The van der Waals surface area contributed by atoms with E-state index in [-0.39, 0.29) is 19.3 Å². The summed E-state index contributed by atoms with van der Waals surface area (Å²) in [4.78, 5) is 17.0. The minimum Gasteiger partial charge on any atom is -0.376 e. The van der Waals surface area contributed by atoms with E-state index < -0.39 is 7.82 Å². The molecule has 6 nitrogen and oxygen atoms in total. The Balaban J connectivity index is 3.57. The number of phosphoric acid groups is 1. The van der Waals surface area contributed by atoms with Gasteiger partial charge in [0.05, 0.1) is 25.9 Å². The van der Waals surface area contributed by atoms with E-state index in [2.05, 4.69) is 18.4 Å². The lowest BCUT2D eigenvalue weighted by Gasteiger charge is -2.19. The van der Waals surface area contributed by atoms with Crippen LogP contribution < -0.4 is 0 Å². The van der Waals surface area contributed by atoms with Gasteiger partial charge in [-0.3, -0.25) is 4.52 Å². The summed E-state index contributed by atoms with van der Waals surface area (Å²) in [5, 5.41) is 0. The van der Waals surface area contributed by atoms with Gasteiger partial charge in [0.2, 0.25) is 0 Å². The van der Waals surface area contributed by atoms with E-state index in [1.807, 2.05) is 6.92 Å². The van der Waals surface area contributed by atoms with E-state index in [0.29, 0.717) is 12.5 Å². The molecule has 0 heterocycles. The Labute approximate surface area is 122 Å². The molecule has 0 amide bonds. The van der Waals surface area contributed by atoms with Gasteiger partial charge in [-0.1, -0.05) is 33.1 Å². The van der Waals surface area contributed by atoms with Gasteiger partial charge in [-0.15, -0.1) is 0 Å². The maximum absolute atomic E-state index is 10.4. The Kier molecular flexibility index (Phi) is 11.7. The lowest BCUT2D eigenvalue weighted by molar-refractivity contribution is -0.0273. The molecule has 0 aliphatic heterocycles. The second kappa shape index (κ2) is 11.7. The molecule has 0 aromatic rings. The van der Waals surface area contributed by atoms with Crippen molar-refractivity contribution in [1.82, 2.24) is 0 Å². The van der Waals surface area contributed by atoms with Crippen LogP contribution in [0.25, 0.3) is 0 Å². The molecule has 0 radical (unpaired) electrons. The van der Waals surface area contributed by atoms with Crippen LogP contribution >= 0.6 is 7.82 Å². The summed E-state index contributed by atoms with van der Waals surface area (Å²) in [5.41, 5.74) is 0. The second-order valence-corrected chi connectivity index (χ2v) is 6.20. The zero-order valence-corrected chi connectivity index (χ0v) is 13.7. The number of hydrogen-bond acceptors (Lipinski definition) is 4. The van der Waals surface area contributed by atoms with Gasteiger partial charge in [0.15, 0.2) is 0 Å². The molecule has 0 rings (SSSR count). The van der Waals surface area contributed by atoms with Gasteiger partial charge in [-0.05, 0) is 19.3 Å². The smallest absolute Gasteiger partial charge is 0.376 e. The van der Waals surface area contributed by atoms with Crippen molar-refractivity contribution in [3.8, 4) is 0 Å². The van der Waals surface area contributed by atoms with Crippen LogP contribution in [0, 0.1) is 5.92 Å². The fraction of sp³-hybridized carbons (Fsp3) is 1.00. The molecule has 0 aliphatic rings. The summed E-state index contributed by atoms with van der Waals surface area (Å²) in [6.07, 6.45) is 4.71. The topological polar surface area (TPSA) is 85.2 Å². The van der Waals surface area contributed by atoms with E-state index in [4.69, 9.17) is 19.3 Å². The molecule has 0 aromatic heterocycles. The van der Waals surface area contributed by atoms with Crippen LogP contribution in [0.15, 0.2) is 0 Å². The number of hydrogen-bond donors (Lipinski definition) is 2. The van der Waals surface area contributed by atoms with E-state index >= 15 is 0 Å². The third-order valence-electron chi connectivity index (χ3n) is 3.00. The molecule has 122 valence electrons. The fourth-order valence-corrected chi connectivity index (χ4v) is 2.02. The van der Waals surface area contributed by atoms with Gasteiger partial charge >= 0.3 is 7.82 Å². The summed E-state index contributed by atoms with van der Waals surface area (Å²) in [6, 6.07) is 0. The maximum atomic E-state index is 10.4. The molecule has 0 saturated heterocycles. The molecule has 2 unspecified atom stereocenters. The quantitative estimate of drug-likeness (QED) is 0.402. The molecule has 0 fully saturated rings. The molecule has 0 bridgehead atoms. The number of rotatable bonds is 13. The van der Waals surface area contributed by atoms with Crippen molar-refractivity contribution in [3.63, 3.8) is 0 Å². The molecule has 20 heavy (non-hydrogen) atoms. The standard InChI is InChI=1S/C13H29O6P/c1-4-6-7-13(5-2)11-18-12(3)10-17-8-9-19-20(14,15)16/h12-13H,4-11H2,1-3H3,(H2,14,15,16). The molecule has 0 aromatic carbocycles. The van der Waals surface area contributed by atoms with Gasteiger partial charge < -0.3 is 19.3 Å². The molecule has 0 saturated carbocycles. The van der Waals surface area contributed by atoms with E-state index in [9.17, 15) is 4.57 Å². The van der Waals surface area contributed by atoms with E-state index in [1.54, 1.807) is 0 Å². The number of ether oxygens (including phenoxy) is 2. The maximum Gasteiger partial charge on any atom is 0.469 e. The number of unbranched alkanes of at least 4 members (excludes halogenated alkanes) is 1. The summed E-state index contributed by atoms with van der Waals surface area (Å²) in [5.74, 6) is 0.593. The van der Waals surface area contributed by atoms with Crippen LogP contribution in [0.4, 0.5) is 0 Å². The normalized spacial score (nSPS) is 15.2. The first kappa shape index (κ1) is 20.0. The lowest BCUT2D eigenvalue weighted by Crippen LogP contribution is -2.21. The highest BCUT2D eigenvalue weighted by atomic mass is 31.2. The van der Waals surface area contributed by atoms with Crippen molar-refractivity contribution < 1.29 is 28.3 Å². The van der Waals surface area contributed by atoms with Gasteiger partial charge in [0.25, 0.3) is 0 Å². The Morgan fingerprint density at radius 2 is 1.85 bits per heavy atom. The van der Waals surface area contributed by atoms with Gasteiger partial charge in [-0.2, -0.15) is 0 Å². The molecule has 0 spiro atoms. The average molecular weight is 312 g/mol. The molecule has 2 atom stereocenters. The van der Waals surface area contributed by atoms with Crippen molar-refractivity contribution in [2.24, 2.45) is 5.92 Å². The van der Waals surface area contributed by atoms with Crippen molar-refractivity contribution >= 4 is 7.82 Å². The second-order valence-electron chi connectivity index (χ2n) is 4.96. The minimum atomic E-state index is -4.38. The largest absolute Gasteiger partial charge is 0.469 e. The molecular weight excluding hydrogens is 283 g/mol. The fourth-order valence-electron chi connectivity index (χ4n) is 1.71. The Morgan fingerprint density at radius 1 is 1.15 bits per heavy atom. The van der Waals surface area contributed by atoms with Gasteiger partial charge in [0.1, 0.15) is 0 Å². The molecule has 7 heteroatoms. The van der Waals surface area contributed by atoms with Crippen molar-refractivity contribution in [2.75, 3.05) is 26.4 Å². The van der Waals surface area contributed by atoms with Crippen molar-refractivity contribution in [2.45, 2.75) is 52.6 Å². The molecular formula is C13H29O6P. The van der Waals surface area contributed by atoms with E-state index in [0.717, 1.165) is 13.0 Å². The minimum absolute atomic E-state index is 0.0271. The summed E-state index contributed by atoms with van der Waals surface area (Å²) < 4.78 is 25.7. The van der Waals surface area contributed by atoms with Gasteiger partial charge in [0, 0.05) is 6.61 Å². The highest BCUT2D eigenvalue weighted by Crippen LogP contribution is 2.35. The predicted molar refractivity (Wildman–Crippen MR) is 77.5 cm³/mol.